The lowest BCUT2D eigenvalue weighted by Gasteiger charge is -2.13. The van der Waals surface area contributed by atoms with E-state index in [1.165, 1.54) is 25.5 Å². The van der Waals surface area contributed by atoms with E-state index < -0.39 is 16.9 Å². The number of carbonyl (C=O) groups is 1. The molecular weight excluding hydrogens is 384 g/mol. The third-order valence-electron chi connectivity index (χ3n) is 3.95. The Morgan fingerprint density at radius 1 is 1.29 bits per heavy atom. The van der Waals surface area contributed by atoms with Gasteiger partial charge in [0.25, 0.3) is 11.6 Å². The van der Waals surface area contributed by atoms with Crippen molar-refractivity contribution in [1.82, 2.24) is 10.4 Å². The lowest BCUT2D eigenvalue weighted by atomic mass is 10.1. The molecule has 8 nitrogen and oxygen atoms in total. The number of hydrogen-bond acceptors (Lipinski definition) is 6. The molecule has 28 heavy (non-hydrogen) atoms. The van der Waals surface area contributed by atoms with Crippen molar-refractivity contribution >= 4 is 40.3 Å². The second-order valence-corrected chi connectivity index (χ2v) is 6.12. The molecule has 1 N–H and O–H groups in total. The van der Waals surface area contributed by atoms with Crippen molar-refractivity contribution in [2.24, 2.45) is 5.10 Å². The van der Waals surface area contributed by atoms with E-state index in [9.17, 15) is 14.9 Å². The summed E-state index contributed by atoms with van der Waals surface area (Å²) in [5.74, 6) is -0.439. The van der Waals surface area contributed by atoms with Crippen molar-refractivity contribution in [3.05, 3.63) is 81.0 Å². The van der Waals surface area contributed by atoms with E-state index in [2.05, 4.69) is 15.5 Å². The summed E-state index contributed by atoms with van der Waals surface area (Å²) in [6, 6.07) is 15.0. The van der Waals surface area contributed by atoms with E-state index in [0.29, 0.717) is 22.0 Å². The number of nitrogens with zero attached hydrogens (tertiary/aromatic N) is 3. The number of hydrazone groups is 1. The Labute approximate surface area is 164 Å². The first-order valence-electron chi connectivity index (χ1n) is 8.15. The predicted molar refractivity (Wildman–Crippen MR) is 105 cm³/mol. The summed E-state index contributed by atoms with van der Waals surface area (Å²) >= 11 is 6.13. The van der Waals surface area contributed by atoms with Crippen LogP contribution in [-0.4, -0.2) is 29.1 Å². The SMILES string of the molecule is CO[C@H](C(=O)N/N=C\c1cc2ccc([N+](=O)[O-])cc2nc1Cl)c1ccccc1. The number of hydrogen-bond donors (Lipinski definition) is 1. The zero-order valence-corrected chi connectivity index (χ0v) is 15.5. The van der Waals surface area contributed by atoms with Crippen LogP contribution >= 0.6 is 11.6 Å². The molecule has 3 rings (SSSR count). The highest BCUT2D eigenvalue weighted by Gasteiger charge is 2.19. The highest BCUT2D eigenvalue weighted by molar-refractivity contribution is 6.32. The van der Waals surface area contributed by atoms with Crippen LogP contribution in [0.5, 0.6) is 0 Å². The van der Waals surface area contributed by atoms with E-state index in [0.717, 1.165) is 0 Å². The van der Waals surface area contributed by atoms with Crippen LogP contribution in [0, 0.1) is 10.1 Å². The maximum Gasteiger partial charge on any atom is 0.273 e. The number of fused-ring (bicyclic) bond motifs is 1. The highest BCUT2D eigenvalue weighted by Crippen LogP contribution is 2.23. The van der Waals surface area contributed by atoms with Gasteiger partial charge in [-0.3, -0.25) is 14.9 Å². The zero-order valence-electron chi connectivity index (χ0n) is 14.7. The lowest BCUT2D eigenvalue weighted by molar-refractivity contribution is -0.384. The maximum atomic E-state index is 12.3. The molecule has 1 aromatic heterocycles. The normalized spacial score (nSPS) is 12.2. The number of ether oxygens (including phenoxy) is 1. The molecule has 0 saturated carbocycles. The first-order valence-corrected chi connectivity index (χ1v) is 8.52. The maximum absolute atomic E-state index is 12.3. The van der Waals surface area contributed by atoms with Crippen molar-refractivity contribution < 1.29 is 14.5 Å². The van der Waals surface area contributed by atoms with Gasteiger partial charge in [0, 0.05) is 30.2 Å². The largest absolute Gasteiger partial charge is 0.367 e. The van der Waals surface area contributed by atoms with Crippen molar-refractivity contribution in [1.29, 1.82) is 0 Å². The molecule has 0 radical (unpaired) electrons. The van der Waals surface area contributed by atoms with Crippen LogP contribution in [0.3, 0.4) is 0 Å². The van der Waals surface area contributed by atoms with Gasteiger partial charge < -0.3 is 4.74 Å². The van der Waals surface area contributed by atoms with Crippen molar-refractivity contribution in [2.75, 3.05) is 7.11 Å². The van der Waals surface area contributed by atoms with Gasteiger partial charge in [-0.2, -0.15) is 5.10 Å². The first kappa shape index (κ1) is 19.4. The number of aromatic nitrogens is 1. The number of non-ortho nitro benzene ring substituents is 1. The summed E-state index contributed by atoms with van der Waals surface area (Å²) in [5, 5.41) is 15.5. The van der Waals surface area contributed by atoms with Gasteiger partial charge in [0.05, 0.1) is 16.7 Å². The number of carbonyl (C=O) groups excluding carboxylic acids is 1. The van der Waals surface area contributed by atoms with Crippen molar-refractivity contribution in [3.8, 4) is 0 Å². The summed E-state index contributed by atoms with van der Waals surface area (Å²) in [7, 11) is 1.43. The number of pyridine rings is 1. The number of methoxy groups -OCH3 is 1. The molecule has 9 heteroatoms. The lowest BCUT2D eigenvalue weighted by Crippen LogP contribution is -2.26. The van der Waals surface area contributed by atoms with Crippen LogP contribution in [0.1, 0.15) is 17.2 Å². The number of halogens is 1. The van der Waals surface area contributed by atoms with E-state index in [1.807, 2.05) is 18.2 Å². The third kappa shape index (κ3) is 4.30. The minimum Gasteiger partial charge on any atom is -0.367 e. The highest BCUT2D eigenvalue weighted by atomic mass is 35.5. The van der Waals surface area contributed by atoms with Crippen LogP contribution in [0.15, 0.2) is 59.7 Å². The molecule has 0 spiro atoms. The number of amides is 1. The molecule has 1 atom stereocenters. The monoisotopic (exact) mass is 398 g/mol. The van der Waals surface area contributed by atoms with Gasteiger partial charge in [-0.25, -0.2) is 10.4 Å². The Balaban J connectivity index is 1.77. The molecule has 0 bridgehead atoms. The average Bonchev–Trinajstić information content (AvgIpc) is 2.69. The molecule has 1 heterocycles. The van der Waals surface area contributed by atoms with Crippen molar-refractivity contribution in [3.63, 3.8) is 0 Å². The Hall–Kier alpha value is -3.36. The van der Waals surface area contributed by atoms with Gasteiger partial charge in [-0.05, 0) is 17.7 Å². The fourth-order valence-corrected chi connectivity index (χ4v) is 2.79. The summed E-state index contributed by atoms with van der Waals surface area (Å²) in [4.78, 5) is 26.8. The standard InChI is InChI=1S/C19H15ClN4O4/c1-28-17(12-5-3-2-4-6-12)19(25)23-21-11-14-9-13-7-8-15(24(26)27)10-16(13)22-18(14)20/h2-11,17H,1H3,(H,23,25)/b21-11-/t17-/m0/s1. The third-order valence-corrected chi connectivity index (χ3v) is 4.25. The molecule has 1 amide bonds. The Kier molecular flexibility index (Phi) is 5.93. The first-order chi connectivity index (χ1) is 13.5. The summed E-state index contributed by atoms with van der Waals surface area (Å²) < 4.78 is 5.23. The van der Waals surface area contributed by atoms with Gasteiger partial charge in [-0.1, -0.05) is 41.9 Å². The minimum atomic E-state index is -0.802. The van der Waals surface area contributed by atoms with E-state index in [-0.39, 0.29) is 10.8 Å². The predicted octanol–water partition coefficient (Wildman–Crippen LogP) is 3.63. The summed E-state index contributed by atoms with van der Waals surface area (Å²) in [5.41, 5.74) is 3.88. The number of nitro benzene ring substituents is 1. The van der Waals surface area contributed by atoms with Gasteiger partial charge in [0.15, 0.2) is 6.10 Å². The molecule has 0 fully saturated rings. The molecule has 142 valence electrons. The second kappa shape index (κ2) is 8.55. The smallest absolute Gasteiger partial charge is 0.273 e. The van der Waals surface area contributed by atoms with Gasteiger partial charge in [-0.15, -0.1) is 0 Å². The van der Waals surface area contributed by atoms with Crippen LogP contribution in [0.4, 0.5) is 5.69 Å². The molecule has 0 aliphatic rings. The van der Waals surface area contributed by atoms with Gasteiger partial charge in [0.1, 0.15) is 5.15 Å². The molecule has 3 aromatic rings. The number of rotatable bonds is 6. The quantitative estimate of drug-likeness (QED) is 0.295. The number of nitrogens with one attached hydrogen (secondary N) is 1. The van der Waals surface area contributed by atoms with Gasteiger partial charge >= 0.3 is 0 Å². The zero-order chi connectivity index (χ0) is 20.1. The number of benzene rings is 2. The van der Waals surface area contributed by atoms with Crippen LogP contribution < -0.4 is 5.43 Å². The fourth-order valence-electron chi connectivity index (χ4n) is 2.60. The molecule has 0 aliphatic heterocycles. The van der Waals surface area contributed by atoms with E-state index in [4.69, 9.17) is 16.3 Å². The van der Waals surface area contributed by atoms with Crippen LogP contribution in [0.2, 0.25) is 5.15 Å². The number of nitro groups is 1. The Bertz CT molecular complexity index is 1060. The fraction of sp³-hybridized carbons (Fsp3) is 0.105. The van der Waals surface area contributed by atoms with E-state index in [1.54, 1.807) is 24.3 Å². The second-order valence-electron chi connectivity index (χ2n) is 5.76. The molecule has 0 unspecified atom stereocenters. The molecule has 0 saturated heterocycles. The van der Waals surface area contributed by atoms with Crippen LogP contribution in [-0.2, 0) is 9.53 Å². The summed E-state index contributed by atoms with van der Waals surface area (Å²) in [6.07, 6.45) is 0.551. The minimum absolute atomic E-state index is 0.0729. The van der Waals surface area contributed by atoms with Crippen LogP contribution in [0.25, 0.3) is 10.9 Å². The Morgan fingerprint density at radius 2 is 2.04 bits per heavy atom. The summed E-state index contributed by atoms with van der Waals surface area (Å²) in [6.45, 7) is 0. The average molecular weight is 399 g/mol. The Morgan fingerprint density at radius 3 is 2.71 bits per heavy atom. The van der Waals surface area contributed by atoms with E-state index >= 15 is 0 Å². The molecule has 0 aliphatic carbocycles. The topological polar surface area (TPSA) is 107 Å². The van der Waals surface area contributed by atoms with Crippen molar-refractivity contribution in [2.45, 2.75) is 6.10 Å². The molecular formula is C19H15ClN4O4. The molecule has 2 aromatic carbocycles. The van der Waals surface area contributed by atoms with Gasteiger partial charge in [0.2, 0.25) is 0 Å².